The third-order valence-corrected chi connectivity index (χ3v) is 8.30. The average molecular weight is 652 g/mol. The summed E-state index contributed by atoms with van der Waals surface area (Å²) in [5.74, 6) is 0.532. The summed E-state index contributed by atoms with van der Waals surface area (Å²) in [6.07, 6.45) is 3.26. The topological polar surface area (TPSA) is 117 Å². The number of carbonyl (C=O) groups is 2. The van der Waals surface area contributed by atoms with Gasteiger partial charge in [-0.1, -0.05) is 72.8 Å². The van der Waals surface area contributed by atoms with Gasteiger partial charge in [0.15, 0.2) is 0 Å². The van der Waals surface area contributed by atoms with Gasteiger partial charge in [-0.2, -0.15) is 0 Å². The first-order chi connectivity index (χ1) is 23.4. The molecule has 0 atom stereocenters. The predicted molar refractivity (Wildman–Crippen MR) is 185 cm³/mol. The summed E-state index contributed by atoms with van der Waals surface area (Å²) in [7, 11) is 0. The molecule has 2 aliphatic rings. The van der Waals surface area contributed by atoms with E-state index in [1.165, 1.54) is 5.56 Å². The minimum absolute atomic E-state index is 0.226. The third-order valence-electron chi connectivity index (χ3n) is 8.30. The molecule has 0 bridgehead atoms. The number of nitrogen functional groups attached to an aromatic ring is 1. The van der Waals surface area contributed by atoms with Crippen molar-refractivity contribution >= 4 is 18.0 Å². The van der Waals surface area contributed by atoms with Crippen LogP contribution in [0.3, 0.4) is 0 Å². The zero-order chi connectivity index (χ0) is 33.6. The number of aromatic nitrogens is 2. The number of ether oxygens (including phenoxy) is 2. The number of rotatable bonds is 8. The SMILES string of the molecule is Cc1ccc(CN2CCN(C(=O)OCc3ccccc3)CC2)cn1.Nc1ccc(CN2CCN(C(=O)OCc3ccccc3)CC2)cn1. The van der Waals surface area contributed by atoms with E-state index in [2.05, 4.69) is 25.8 Å². The fourth-order valence-electron chi connectivity index (χ4n) is 5.44. The molecular formula is C37H45N7O4. The second-order valence-corrected chi connectivity index (χ2v) is 12.0. The molecule has 252 valence electrons. The molecule has 2 aromatic carbocycles. The summed E-state index contributed by atoms with van der Waals surface area (Å²) in [6, 6.07) is 27.4. The highest BCUT2D eigenvalue weighted by Gasteiger charge is 2.23. The Morgan fingerprint density at radius 1 is 0.583 bits per heavy atom. The molecule has 2 amide bonds. The van der Waals surface area contributed by atoms with E-state index >= 15 is 0 Å². The Balaban J connectivity index is 0.000000188. The molecule has 0 radical (unpaired) electrons. The minimum Gasteiger partial charge on any atom is -0.445 e. The van der Waals surface area contributed by atoms with Crippen molar-refractivity contribution in [1.82, 2.24) is 29.6 Å². The molecule has 2 N–H and O–H groups in total. The molecule has 6 rings (SSSR count). The van der Waals surface area contributed by atoms with E-state index in [9.17, 15) is 9.59 Å². The Labute approximate surface area is 282 Å². The molecule has 48 heavy (non-hydrogen) atoms. The molecule has 11 nitrogen and oxygen atoms in total. The zero-order valence-corrected chi connectivity index (χ0v) is 27.6. The van der Waals surface area contributed by atoms with Gasteiger partial charge in [-0.3, -0.25) is 14.8 Å². The smallest absolute Gasteiger partial charge is 0.410 e. The highest BCUT2D eigenvalue weighted by molar-refractivity contribution is 5.68. The van der Waals surface area contributed by atoms with Gasteiger partial charge in [0.1, 0.15) is 19.0 Å². The van der Waals surface area contributed by atoms with Crippen molar-refractivity contribution in [2.24, 2.45) is 0 Å². The van der Waals surface area contributed by atoms with Gasteiger partial charge >= 0.3 is 12.2 Å². The van der Waals surface area contributed by atoms with Crippen molar-refractivity contribution in [2.75, 3.05) is 58.1 Å². The van der Waals surface area contributed by atoms with Crippen LogP contribution in [0, 0.1) is 6.92 Å². The van der Waals surface area contributed by atoms with E-state index in [4.69, 9.17) is 15.2 Å². The molecule has 11 heteroatoms. The summed E-state index contributed by atoms with van der Waals surface area (Å²) in [6.45, 7) is 10.4. The van der Waals surface area contributed by atoms with Crippen LogP contribution >= 0.6 is 0 Å². The number of pyridine rings is 2. The zero-order valence-electron chi connectivity index (χ0n) is 27.6. The van der Waals surface area contributed by atoms with Crippen LogP contribution in [0.1, 0.15) is 27.9 Å². The number of amides is 2. The Morgan fingerprint density at radius 2 is 1.02 bits per heavy atom. The normalized spacial score (nSPS) is 15.3. The number of hydrogen-bond donors (Lipinski definition) is 1. The predicted octanol–water partition coefficient (Wildman–Crippen LogP) is 4.96. The Morgan fingerprint density at radius 3 is 1.42 bits per heavy atom. The Bertz CT molecular complexity index is 1420. The summed E-state index contributed by atoms with van der Waals surface area (Å²) in [5.41, 5.74) is 11.0. The quantitative estimate of drug-likeness (QED) is 0.282. The Kier molecular flexibility index (Phi) is 12.7. The first kappa shape index (κ1) is 34.3. The number of anilines is 1. The van der Waals surface area contributed by atoms with Crippen LogP contribution in [-0.2, 0) is 35.8 Å². The van der Waals surface area contributed by atoms with Crippen LogP contribution in [0.5, 0.6) is 0 Å². The number of nitrogens with two attached hydrogens (primary N) is 1. The lowest BCUT2D eigenvalue weighted by atomic mass is 10.2. The number of nitrogens with zero attached hydrogens (tertiary/aromatic N) is 6. The van der Waals surface area contributed by atoms with E-state index in [0.717, 1.165) is 61.7 Å². The highest BCUT2D eigenvalue weighted by Crippen LogP contribution is 2.12. The van der Waals surface area contributed by atoms with E-state index in [0.29, 0.717) is 45.2 Å². The van der Waals surface area contributed by atoms with Gasteiger partial charge in [-0.15, -0.1) is 0 Å². The van der Waals surface area contributed by atoms with Crippen LogP contribution < -0.4 is 5.73 Å². The third kappa shape index (κ3) is 11.1. The maximum atomic E-state index is 12.1. The molecule has 0 unspecified atom stereocenters. The van der Waals surface area contributed by atoms with Gasteiger partial charge in [-0.25, -0.2) is 14.6 Å². The lowest BCUT2D eigenvalue weighted by Crippen LogP contribution is -2.48. The van der Waals surface area contributed by atoms with Crippen LogP contribution in [0.15, 0.2) is 97.3 Å². The summed E-state index contributed by atoms with van der Waals surface area (Å²) in [5, 5.41) is 0. The standard InChI is InChI=1S/C19H23N3O2.C18H22N4O2/c1-16-7-8-18(13-20-16)14-21-9-11-22(12-10-21)19(23)24-15-17-5-3-2-4-6-17;19-17-7-6-16(12-20-17)13-21-8-10-22(11-9-21)18(23)24-14-15-4-2-1-3-5-15/h2-8,13H,9-12,14-15H2,1H3;1-7,12H,8-11,13-14H2,(H2,19,20). The molecule has 4 aromatic rings. The number of aryl methyl sites for hydroxylation is 1. The van der Waals surface area contributed by atoms with Crippen molar-refractivity contribution in [3.05, 3.63) is 125 Å². The molecule has 2 aliphatic heterocycles. The van der Waals surface area contributed by atoms with Crippen LogP contribution in [0.4, 0.5) is 15.4 Å². The second-order valence-electron chi connectivity index (χ2n) is 12.0. The van der Waals surface area contributed by atoms with Crippen molar-refractivity contribution < 1.29 is 19.1 Å². The highest BCUT2D eigenvalue weighted by atomic mass is 16.6. The lowest BCUT2D eigenvalue weighted by Gasteiger charge is -2.34. The van der Waals surface area contributed by atoms with Crippen LogP contribution in [-0.4, -0.2) is 94.1 Å². The van der Waals surface area contributed by atoms with E-state index in [1.807, 2.05) is 92.0 Å². The summed E-state index contributed by atoms with van der Waals surface area (Å²) >= 11 is 0. The summed E-state index contributed by atoms with van der Waals surface area (Å²) < 4.78 is 10.8. The maximum Gasteiger partial charge on any atom is 0.410 e. The average Bonchev–Trinajstić information content (AvgIpc) is 3.13. The van der Waals surface area contributed by atoms with Gasteiger partial charge < -0.3 is 25.0 Å². The molecule has 0 saturated carbocycles. The van der Waals surface area contributed by atoms with Crippen molar-refractivity contribution in [1.29, 1.82) is 0 Å². The van der Waals surface area contributed by atoms with E-state index < -0.39 is 0 Å². The van der Waals surface area contributed by atoms with Gasteiger partial charge in [0, 0.05) is 83.5 Å². The molecule has 4 heterocycles. The molecule has 2 fully saturated rings. The van der Waals surface area contributed by atoms with Gasteiger partial charge in [0.05, 0.1) is 0 Å². The number of piperazine rings is 2. The molecule has 0 aliphatic carbocycles. The Hall–Kier alpha value is -5.00. The monoisotopic (exact) mass is 651 g/mol. The first-order valence-electron chi connectivity index (χ1n) is 16.4. The molecular weight excluding hydrogens is 606 g/mol. The largest absolute Gasteiger partial charge is 0.445 e. The van der Waals surface area contributed by atoms with E-state index in [-0.39, 0.29) is 12.2 Å². The molecule has 2 aromatic heterocycles. The molecule has 2 saturated heterocycles. The first-order valence-corrected chi connectivity index (χ1v) is 16.4. The lowest BCUT2D eigenvalue weighted by molar-refractivity contribution is 0.0695. The van der Waals surface area contributed by atoms with Crippen molar-refractivity contribution in [3.8, 4) is 0 Å². The molecule has 0 spiro atoms. The van der Waals surface area contributed by atoms with E-state index in [1.54, 1.807) is 16.0 Å². The number of carbonyl (C=O) groups excluding carboxylic acids is 2. The number of benzene rings is 2. The summed E-state index contributed by atoms with van der Waals surface area (Å²) in [4.78, 5) is 40.9. The minimum atomic E-state index is -0.243. The van der Waals surface area contributed by atoms with Crippen LogP contribution in [0.2, 0.25) is 0 Å². The fourth-order valence-corrected chi connectivity index (χ4v) is 5.44. The second kappa shape index (κ2) is 17.8. The number of hydrogen-bond acceptors (Lipinski definition) is 9. The van der Waals surface area contributed by atoms with Crippen molar-refractivity contribution in [3.63, 3.8) is 0 Å². The van der Waals surface area contributed by atoms with Crippen molar-refractivity contribution in [2.45, 2.75) is 33.2 Å². The maximum absolute atomic E-state index is 12.1. The van der Waals surface area contributed by atoms with Gasteiger partial charge in [0.2, 0.25) is 0 Å². The van der Waals surface area contributed by atoms with Gasteiger partial charge in [0.25, 0.3) is 0 Å². The van der Waals surface area contributed by atoms with Crippen LogP contribution in [0.25, 0.3) is 0 Å². The fraction of sp³-hybridized carbons (Fsp3) is 0.351. The van der Waals surface area contributed by atoms with Gasteiger partial charge in [-0.05, 0) is 41.3 Å².